The molecule has 0 spiro atoms. The van der Waals surface area contributed by atoms with Crippen LogP contribution in [0.2, 0.25) is 0 Å². The molecule has 1 aliphatic rings. The van der Waals surface area contributed by atoms with Crippen LogP contribution in [0.15, 0.2) is 0 Å². The van der Waals surface area contributed by atoms with Crippen molar-refractivity contribution in [3.8, 4) is 6.07 Å². The van der Waals surface area contributed by atoms with Gasteiger partial charge in [0.2, 0.25) is 5.13 Å². The topological polar surface area (TPSA) is 56.1 Å². The van der Waals surface area contributed by atoms with E-state index in [1.807, 2.05) is 0 Å². The summed E-state index contributed by atoms with van der Waals surface area (Å²) in [4.78, 5) is 9.36. The lowest BCUT2D eigenvalue weighted by Gasteiger charge is -2.34. The highest BCUT2D eigenvalue weighted by molar-refractivity contribution is 7.09. The molecule has 1 aromatic heterocycles. The summed E-state index contributed by atoms with van der Waals surface area (Å²) in [7, 11) is 0. The normalized spacial score (nSPS) is 16.5. The van der Waals surface area contributed by atoms with Crippen LogP contribution < -0.4 is 4.90 Å². The molecule has 0 atom stereocenters. The Balaban J connectivity index is 1.71. The van der Waals surface area contributed by atoms with Crippen LogP contribution in [0.3, 0.4) is 0 Å². The van der Waals surface area contributed by atoms with E-state index in [9.17, 15) is 0 Å². The Morgan fingerprint density at radius 3 is 2.68 bits per heavy atom. The van der Waals surface area contributed by atoms with E-state index in [4.69, 9.17) is 5.26 Å². The first-order chi connectivity index (χ1) is 9.33. The largest absolute Gasteiger partial charge is 0.344 e. The number of aromatic nitrogens is 2. The maximum atomic E-state index is 8.50. The van der Waals surface area contributed by atoms with Crippen LogP contribution in [0.4, 0.5) is 5.13 Å². The smallest absolute Gasteiger partial charge is 0.205 e. The number of unbranched alkanes of at least 4 members (excludes halogenated alkanes) is 2. The molecular formula is C13H21N5S. The minimum atomic E-state index is 0.685. The molecule has 2 rings (SSSR count). The summed E-state index contributed by atoms with van der Waals surface area (Å²) in [6, 6.07) is 2.20. The van der Waals surface area contributed by atoms with Gasteiger partial charge in [0.15, 0.2) is 0 Å². The van der Waals surface area contributed by atoms with Gasteiger partial charge in [0.05, 0.1) is 6.07 Å². The van der Waals surface area contributed by atoms with Gasteiger partial charge in [-0.25, -0.2) is 4.98 Å². The number of nitriles is 1. The third-order valence-corrected chi connectivity index (χ3v) is 4.24. The van der Waals surface area contributed by atoms with Crippen molar-refractivity contribution in [1.82, 2.24) is 14.3 Å². The van der Waals surface area contributed by atoms with Crippen molar-refractivity contribution < 1.29 is 0 Å². The number of hydrogen-bond acceptors (Lipinski definition) is 6. The maximum Gasteiger partial charge on any atom is 0.205 e. The van der Waals surface area contributed by atoms with Gasteiger partial charge in [-0.05, 0) is 19.4 Å². The number of rotatable bonds is 6. The van der Waals surface area contributed by atoms with Crippen molar-refractivity contribution >= 4 is 16.7 Å². The molecule has 19 heavy (non-hydrogen) atoms. The fourth-order valence-corrected chi connectivity index (χ4v) is 3.02. The van der Waals surface area contributed by atoms with Crippen LogP contribution in [0.1, 0.15) is 32.0 Å². The maximum absolute atomic E-state index is 8.50. The molecule has 1 fully saturated rings. The second-order valence-corrected chi connectivity index (χ2v) is 5.52. The third-order valence-electron chi connectivity index (χ3n) is 3.43. The fraction of sp³-hybridized carbons (Fsp3) is 0.769. The van der Waals surface area contributed by atoms with Crippen LogP contribution in [0.5, 0.6) is 0 Å². The van der Waals surface area contributed by atoms with Crippen LogP contribution in [-0.2, 0) is 6.42 Å². The lowest BCUT2D eigenvalue weighted by molar-refractivity contribution is 0.253. The minimum absolute atomic E-state index is 0.685. The molecule has 2 heterocycles. The van der Waals surface area contributed by atoms with Crippen LogP contribution in [0.25, 0.3) is 0 Å². The van der Waals surface area contributed by atoms with Crippen molar-refractivity contribution in [2.45, 2.75) is 32.6 Å². The Kier molecular flexibility index (Phi) is 5.55. The number of piperazine rings is 1. The van der Waals surface area contributed by atoms with Crippen LogP contribution in [-0.4, -0.2) is 47.0 Å². The Morgan fingerprint density at radius 1 is 1.26 bits per heavy atom. The lowest BCUT2D eigenvalue weighted by atomic mass is 10.2. The molecule has 0 amide bonds. The molecule has 1 aromatic rings. The van der Waals surface area contributed by atoms with Gasteiger partial charge in [-0.3, -0.25) is 4.90 Å². The SMILES string of the molecule is CCc1nsc(N2CCN(CCCCC#N)CC2)n1. The molecule has 0 saturated carbocycles. The highest BCUT2D eigenvalue weighted by Gasteiger charge is 2.19. The highest BCUT2D eigenvalue weighted by Crippen LogP contribution is 2.19. The summed E-state index contributed by atoms with van der Waals surface area (Å²) in [5.74, 6) is 0.957. The fourth-order valence-electron chi connectivity index (χ4n) is 2.22. The summed E-state index contributed by atoms with van der Waals surface area (Å²) in [5.41, 5.74) is 0. The monoisotopic (exact) mass is 279 g/mol. The zero-order valence-electron chi connectivity index (χ0n) is 11.5. The van der Waals surface area contributed by atoms with Crippen LogP contribution >= 0.6 is 11.5 Å². The molecular weight excluding hydrogens is 258 g/mol. The minimum Gasteiger partial charge on any atom is -0.344 e. The van der Waals surface area contributed by atoms with E-state index in [2.05, 4.69) is 32.2 Å². The highest BCUT2D eigenvalue weighted by atomic mass is 32.1. The molecule has 104 valence electrons. The van der Waals surface area contributed by atoms with Crippen molar-refractivity contribution in [2.75, 3.05) is 37.6 Å². The van der Waals surface area contributed by atoms with E-state index in [0.29, 0.717) is 6.42 Å². The molecule has 0 aliphatic carbocycles. The van der Waals surface area contributed by atoms with Gasteiger partial charge < -0.3 is 4.90 Å². The predicted molar refractivity (Wildman–Crippen MR) is 77.4 cm³/mol. The Labute approximate surface area is 119 Å². The molecule has 1 saturated heterocycles. The lowest BCUT2D eigenvalue weighted by Crippen LogP contribution is -2.46. The number of aryl methyl sites for hydroxylation is 1. The van der Waals surface area contributed by atoms with E-state index in [1.54, 1.807) is 0 Å². The molecule has 0 radical (unpaired) electrons. The van der Waals surface area contributed by atoms with Gasteiger partial charge >= 0.3 is 0 Å². The first-order valence-corrected chi connectivity index (χ1v) is 7.77. The van der Waals surface area contributed by atoms with Gasteiger partial charge in [0.25, 0.3) is 0 Å². The Hall–Kier alpha value is -1.19. The number of anilines is 1. The summed E-state index contributed by atoms with van der Waals surface area (Å²) >= 11 is 1.52. The van der Waals surface area contributed by atoms with E-state index in [0.717, 1.165) is 62.9 Å². The number of hydrogen-bond donors (Lipinski definition) is 0. The van der Waals surface area contributed by atoms with Crippen molar-refractivity contribution in [3.05, 3.63) is 5.82 Å². The zero-order valence-corrected chi connectivity index (χ0v) is 12.3. The molecule has 5 nitrogen and oxygen atoms in total. The predicted octanol–water partition coefficient (Wildman–Crippen LogP) is 1.92. The van der Waals surface area contributed by atoms with Gasteiger partial charge in [0, 0.05) is 50.6 Å². The first-order valence-electron chi connectivity index (χ1n) is 7.00. The van der Waals surface area contributed by atoms with Crippen LogP contribution in [0, 0.1) is 11.3 Å². The quantitative estimate of drug-likeness (QED) is 0.745. The van der Waals surface area contributed by atoms with E-state index in [-0.39, 0.29) is 0 Å². The zero-order chi connectivity index (χ0) is 13.5. The summed E-state index contributed by atoms with van der Waals surface area (Å²) in [6.45, 7) is 7.46. The van der Waals surface area contributed by atoms with Crippen molar-refractivity contribution in [3.63, 3.8) is 0 Å². The second kappa shape index (κ2) is 7.41. The number of nitrogens with zero attached hydrogens (tertiary/aromatic N) is 5. The van der Waals surface area contributed by atoms with Crippen molar-refractivity contribution in [1.29, 1.82) is 5.26 Å². The Bertz CT molecular complexity index is 417. The standard InChI is InChI=1S/C13H21N5S/c1-2-12-15-13(19-16-12)18-10-8-17(9-11-18)7-5-3-4-6-14/h2-5,7-11H2,1H3. The third kappa shape index (κ3) is 4.15. The first kappa shape index (κ1) is 14.2. The van der Waals surface area contributed by atoms with Crippen molar-refractivity contribution in [2.24, 2.45) is 0 Å². The van der Waals surface area contributed by atoms with Gasteiger partial charge in [0.1, 0.15) is 5.82 Å². The van der Waals surface area contributed by atoms with E-state index < -0.39 is 0 Å². The van der Waals surface area contributed by atoms with Gasteiger partial charge in [-0.2, -0.15) is 9.64 Å². The van der Waals surface area contributed by atoms with Gasteiger partial charge in [-0.1, -0.05) is 6.92 Å². The molecule has 0 N–H and O–H groups in total. The Morgan fingerprint density at radius 2 is 2.05 bits per heavy atom. The summed E-state index contributed by atoms with van der Waals surface area (Å²) < 4.78 is 4.34. The molecule has 0 aromatic carbocycles. The van der Waals surface area contributed by atoms with Gasteiger partial charge in [-0.15, -0.1) is 0 Å². The second-order valence-electron chi connectivity index (χ2n) is 4.79. The molecule has 0 bridgehead atoms. The van der Waals surface area contributed by atoms with E-state index in [1.165, 1.54) is 11.5 Å². The molecule has 1 aliphatic heterocycles. The molecule has 0 unspecified atom stereocenters. The summed E-state index contributed by atoms with van der Waals surface area (Å²) in [5, 5.41) is 9.57. The average Bonchev–Trinajstić information content (AvgIpc) is 2.93. The van der Waals surface area contributed by atoms with E-state index >= 15 is 0 Å². The average molecular weight is 279 g/mol. The summed E-state index contributed by atoms with van der Waals surface area (Å²) in [6.07, 6.45) is 3.75. The molecule has 6 heteroatoms.